The lowest BCUT2D eigenvalue weighted by molar-refractivity contribution is 0.0953. The van der Waals surface area contributed by atoms with E-state index in [1.807, 2.05) is 66.7 Å². The van der Waals surface area contributed by atoms with Crippen LogP contribution in [0.15, 0.2) is 78.9 Å². The molecule has 0 aliphatic heterocycles. The molecule has 0 aromatic heterocycles. The van der Waals surface area contributed by atoms with E-state index in [4.69, 9.17) is 4.74 Å². The van der Waals surface area contributed by atoms with Gasteiger partial charge in [-0.25, -0.2) is 0 Å². The van der Waals surface area contributed by atoms with Crippen LogP contribution in [-0.2, 0) is 12.8 Å². The van der Waals surface area contributed by atoms with Crippen LogP contribution in [-0.4, -0.2) is 19.6 Å². The molecule has 26 heavy (non-hydrogen) atoms. The lowest BCUT2D eigenvalue weighted by atomic mass is 9.99. The predicted octanol–water partition coefficient (Wildman–Crippen LogP) is 4.26. The van der Waals surface area contributed by atoms with E-state index >= 15 is 0 Å². The fraction of sp³-hybridized carbons (Fsp3) is 0.174. The first-order valence-electron chi connectivity index (χ1n) is 8.80. The average molecular weight is 345 g/mol. The molecule has 1 N–H and O–H groups in total. The topological polar surface area (TPSA) is 38.3 Å². The smallest absolute Gasteiger partial charge is 0.251 e. The molecule has 3 heteroatoms. The van der Waals surface area contributed by atoms with E-state index in [1.54, 1.807) is 7.11 Å². The molecule has 0 radical (unpaired) electrons. The summed E-state index contributed by atoms with van der Waals surface area (Å²) < 4.78 is 5.36. The van der Waals surface area contributed by atoms with Gasteiger partial charge in [-0.1, -0.05) is 66.7 Å². The maximum Gasteiger partial charge on any atom is 0.251 e. The minimum Gasteiger partial charge on any atom is -0.496 e. The monoisotopic (exact) mass is 345 g/mol. The van der Waals surface area contributed by atoms with E-state index in [-0.39, 0.29) is 5.91 Å². The van der Waals surface area contributed by atoms with Crippen molar-refractivity contribution in [2.75, 3.05) is 13.7 Å². The zero-order valence-corrected chi connectivity index (χ0v) is 14.9. The maximum absolute atomic E-state index is 12.7. The fourth-order valence-electron chi connectivity index (χ4n) is 3.03. The van der Waals surface area contributed by atoms with Gasteiger partial charge < -0.3 is 10.1 Å². The Morgan fingerprint density at radius 3 is 2.27 bits per heavy atom. The van der Waals surface area contributed by atoms with Gasteiger partial charge in [0, 0.05) is 12.1 Å². The van der Waals surface area contributed by atoms with Crippen molar-refractivity contribution in [2.24, 2.45) is 0 Å². The van der Waals surface area contributed by atoms with Crippen LogP contribution in [0, 0.1) is 0 Å². The van der Waals surface area contributed by atoms with Gasteiger partial charge in [0.25, 0.3) is 5.91 Å². The number of hydrogen-bond donors (Lipinski definition) is 1. The Labute approximate surface area is 154 Å². The van der Waals surface area contributed by atoms with Gasteiger partial charge in [0.15, 0.2) is 0 Å². The van der Waals surface area contributed by atoms with Crippen LogP contribution in [0.4, 0.5) is 0 Å². The first kappa shape index (κ1) is 17.7. The van der Waals surface area contributed by atoms with Crippen LogP contribution in [0.1, 0.15) is 27.0 Å². The van der Waals surface area contributed by atoms with Gasteiger partial charge in [-0.3, -0.25) is 4.79 Å². The number of rotatable bonds is 7. The summed E-state index contributed by atoms with van der Waals surface area (Å²) in [5, 5.41) is 3.03. The molecule has 132 valence electrons. The third-order valence-electron chi connectivity index (χ3n) is 4.37. The van der Waals surface area contributed by atoms with E-state index in [0.29, 0.717) is 6.54 Å². The van der Waals surface area contributed by atoms with Crippen molar-refractivity contribution in [1.82, 2.24) is 5.32 Å². The third kappa shape index (κ3) is 4.51. The molecule has 0 saturated carbocycles. The van der Waals surface area contributed by atoms with Crippen molar-refractivity contribution in [1.29, 1.82) is 0 Å². The van der Waals surface area contributed by atoms with Gasteiger partial charge in [-0.15, -0.1) is 0 Å². The second-order valence-corrected chi connectivity index (χ2v) is 6.14. The first-order chi connectivity index (χ1) is 12.8. The van der Waals surface area contributed by atoms with Crippen LogP contribution in [0.3, 0.4) is 0 Å². The van der Waals surface area contributed by atoms with Gasteiger partial charge in [-0.05, 0) is 41.7 Å². The van der Waals surface area contributed by atoms with Crippen molar-refractivity contribution in [3.05, 3.63) is 101 Å². The van der Waals surface area contributed by atoms with Crippen molar-refractivity contribution in [3.63, 3.8) is 0 Å². The molecule has 3 aromatic carbocycles. The van der Waals surface area contributed by atoms with Crippen molar-refractivity contribution < 1.29 is 9.53 Å². The predicted molar refractivity (Wildman–Crippen MR) is 105 cm³/mol. The molecular formula is C23H23NO2. The Bertz CT molecular complexity index is 859. The number of ether oxygens (including phenoxy) is 1. The van der Waals surface area contributed by atoms with E-state index in [1.165, 1.54) is 5.56 Å². The molecule has 3 aromatic rings. The summed E-state index contributed by atoms with van der Waals surface area (Å²) in [6.07, 6.45) is 1.48. The Morgan fingerprint density at radius 1 is 0.846 bits per heavy atom. The number of amides is 1. The highest BCUT2D eigenvalue weighted by atomic mass is 16.5. The molecule has 1 amide bonds. The second kappa shape index (κ2) is 8.86. The summed E-state index contributed by atoms with van der Waals surface area (Å²) >= 11 is 0. The molecule has 0 atom stereocenters. The van der Waals surface area contributed by atoms with Crippen molar-refractivity contribution >= 4 is 5.91 Å². The van der Waals surface area contributed by atoms with Crippen LogP contribution in [0.5, 0.6) is 5.75 Å². The van der Waals surface area contributed by atoms with E-state index in [0.717, 1.165) is 35.3 Å². The third-order valence-corrected chi connectivity index (χ3v) is 4.37. The van der Waals surface area contributed by atoms with Crippen molar-refractivity contribution in [2.45, 2.75) is 12.8 Å². The standard InChI is InChI=1S/C23H23NO2/c1-26-22-14-8-6-11-19(22)15-16-24-23(25)21-13-7-5-12-20(21)17-18-9-3-2-4-10-18/h2-14H,15-17H2,1H3,(H,24,25). The minimum absolute atomic E-state index is 0.0357. The molecule has 0 unspecified atom stereocenters. The lowest BCUT2D eigenvalue weighted by Gasteiger charge is -2.12. The number of hydrogen-bond acceptors (Lipinski definition) is 2. The summed E-state index contributed by atoms with van der Waals surface area (Å²) in [5.74, 6) is 0.817. The normalized spacial score (nSPS) is 10.3. The van der Waals surface area contributed by atoms with Gasteiger partial charge >= 0.3 is 0 Å². The molecule has 3 rings (SSSR count). The molecule has 3 nitrogen and oxygen atoms in total. The molecule has 0 heterocycles. The molecule has 0 bridgehead atoms. The highest BCUT2D eigenvalue weighted by Crippen LogP contribution is 2.18. The van der Waals surface area contributed by atoms with Crippen LogP contribution >= 0.6 is 0 Å². The van der Waals surface area contributed by atoms with Gasteiger partial charge in [0.1, 0.15) is 5.75 Å². The fourth-order valence-corrected chi connectivity index (χ4v) is 3.03. The SMILES string of the molecule is COc1ccccc1CCNC(=O)c1ccccc1Cc1ccccc1. The zero-order valence-electron chi connectivity index (χ0n) is 14.9. The number of benzene rings is 3. The van der Waals surface area contributed by atoms with E-state index in [2.05, 4.69) is 17.4 Å². The summed E-state index contributed by atoms with van der Waals surface area (Å²) in [7, 11) is 1.66. The molecule has 0 aliphatic rings. The Kier molecular flexibility index (Phi) is 6.05. The number of methoxy groups -OCH3 is 1. The Morgan fingerprint density at radius 2 is 1.50 bits per heavy atom. The summed E-state index contributed by atoms with van der Waals surface area (Å²) in [6.45, 7) is 0.568. The lowest BCUT2D eigenvalue weighted by Crippen LogP contribution is -2.26. The highest BCUT2D eigenvalue weighted by Gasteiger charge is 2.11. The molecule has 0 saturated heterocycles. The van der Waals surface area contributed by atoms with Gasteiger partial charge in [-0.2, -0.15) is 0 Å². The van der Waals surface area contributed by atoms with E-state index in [9.17, 15) is 4.79 Å². The quantitative estimate of drug-likeness (QED) is 0.695. The molecule has 0 fully saturated rings. The van der Waals surface area contributed by atoms with E-state index < -0.39 is 0 Å². The Hall–Kier alpha value is -3.07. The Balaban J connectivity index is 1.65. The number of nitrogens with one attached hydrogen (secondary N) is 1. The first-order valence-corrected chi connectivity index (χ1v) is 8.80. The minimum atomic E-state index is -0.0357. The van der Waals surface area contributed by atoms with Crippen LogP contribution in [0.25, 0.3) is 0 Å². The number of carbonyl (C=O) groups is 1. The number of para-hydroxylation sites is 1. The summed E-state index contributed by atoms with van der Waals surface area (Å²) in [5.41, 5.74) is 4.06. The maximum atomic E-state index is 12.7. The zero-order chi connectivity index (χ0) is 18.2. The molecule has 0 spiro atoms. The van der Waals surface area contributed by atoms with Crippen molar-refractivity contribution in [3.8, 4) is 5.75 Å². The second-order valence-electron chi connectivity index (χ2n) is 6.14. The highest BCUT2D eigenvalue weighted by molar-refractivity contribution is 5.95. The van der Waals surface area contributed by atoms with Crippen LogP contribution in [0.2, 0.25) is 0 Å². The summed E-state index contributed by atoms with van der Waals surface area (Å²) in [4.78, 5) is 12.7. The molecule has 0 aliphatic carbocycles. The largest absolute Gasteiger partial charge is 0.496 e. The average Bonchev–Trinajstić information content (AvgIpc) is 2.69. The molecular weight excluding hydrogens is 322 g/mol. The van der Waals surface area contributed by atoms with Crippen LogP contribution < -0.4 is 10.1 Å². The number of carbonyl (C=O) groups excluding carboxylic acids is 1. The van der Waals surface area contributed by atoms with Gasteiger partial charge in [0.05, 0.1) is 7.11 Å². The summed E-state index contributed by atoms with van der Waals surface area (Å²) in [6, 6.07) is 25.9. The van der Waals surface area contributed by atoms with Gasteiger partial charge in [0.2, 0.25) is 0 Å².